The number of methoxy groups -OCH3 is 1. The van der Waals surface area contributed by atoms with Crippen LogP contribution in [0.4, 0.5) is 10.5 Å². The predicted octanol–water partition coefficient (Wildman–Crippen LogP) is 3.32. The number of nitrogens with two attached hydrogens (primary N) is 1. The molecule has 1 atom stereocenters. The summed E-state index contributed by atoms with van der Waals surface area (Å²) in [5, 5.41) is 2.70. The zero-order chi connectivity index (χ0) is 16.0. The normalized spacial score (nSPS) is 12.7. The number of carbonyl (C=O) groups is 1. The van der Waals surface area contributed by atoms with Crippen LogP contribution < -0.4 is 15.8 Å². The number of hydrogen-bond acceptors (Lipinski definition) is 4. The van der Waals surface area contributed by atoms with Gasteiger partial charge in [-0.25, -0.2) is 4.79 Å². The molecule has 1 amide bonds. The second-order valence-corrected chi connectivity index (χ2v) is 6.18. The number of hydrogen-bond donors (Lipinski definition) is 2. The molecular weight excluding hydrogens is 268 g/mol. The van der Waals surface area contributed by atoms with Crippen LogP contribution in [-0.2, 0) is 11.2 Å². The third kappa shape index (κ3) is 6.49. The van der Waals surface area contributed by atoms with Gasteiger partial charge >= 0.3 is 6.09 Å². The van der Waals surface area contributed by atoms with E-state index in [1.165, 1.54) is 0 Å². The molecule has 0 radical (unpaired) electrons. The monoisotopic (exact) mass is 294 g/mol. The summed E-state index contributed by atoms with van der Waals surface area (Å²) in [4.78, 5) is 11.8. The molecule has 0 saturated carbocycles. The van der Waals surface area contributed by atoms with Crippen LogP contribution in [0.5, 0.6) is 5.75 Å². The average molecular weight is 294 g/mol. The smallest absolute Gasteiger partial charge is 0.412 e. The predicted molar refractivity (Wildman–Crippen MR) is 84.8 cm³/mol. The first-order valence-electron chi connectivity index (χ1n) is 7.14. The molecule has 5 heteroatoms. The summed E-state index contributed by atoms with van der Waals surface area (Å²) in [6.07, 6.45) is 1.28. The van der Waals surface area contributed by atoms with Gasteiger partial charge in [0.25, 0.3) is 0 Å². The number of carbonyl (C=O) groups excluding carboxylic acids is 1. The van der Waals surface area contributed by atoms with Crippen LogP contribution in [0, 0.1) is 0 Å². The minimum absolute atomic E-state index is 0.163. The second-order valence-electron chi connectivity index (χ2n) is 6.18. The molecule has 0 aromatic heterocycles. The van der Waals surface area contributed by atoms with Gasteiger partial charge in [-0.15, -0.1) is 0 Å². The molecule has 0 aliphatic rings. The fraction of sp³-hybridized carbons (Fsp3) is 0.562. The molecule has 3 N–H and O–H groups in total. The summed E-state index contributed by atoms with van der Waals surface area (Å²) in [6.45, 7) is 7.44. The van der Waals surface area contributed by atoms with E-state index in [4.69, 9.17) is 15.2 Å². The first kappa shape index (κ1) is 17.3. The van der Waals surface area contributed by atoms with Crippen molar-refractivity contribution >= 4 is 11.8 Å². The van der Waals surface area contributed by atoms with E-state index in [-0.39, 0.29) is 6.04 Å². The Kier molecular flexibility index (Phi) is 6.03. The molecule has 1 unspecified atom stereocenters. The Balaban J connectivity index is 2.77. The maximum Gasteiger partial charge on any atom is 0.412 e. The number of benzene rings is 1. The first-order chi connectivity index (χ1) is 9.71. The van der Waals surface area contributed by atoms with Gasteiger partial charge in [0.05, 0.1) is 12.8 Å². The molecule has 0 heterocycles. The van der Waals surface area contributed by atoms with Crippen molar-refractivity contribution in [1.82, 2.24) is 0 Å². The van der Waals surface area contributed by atoms with E-state index >= 15 is 0 Å². The summed E-state index contributed by atoms with van der Waals surface area (Å²) in [6, 6.07) is 5.85. The Morgan fingerprint density at radius 1 is 1.38 bits per heavy atom. The Bertz CT molecular complexity index is 479. The Hall–Kier alpha value is -1.75. The van der Waals surface area contributed by atoms with Crippen LogP contribution in [-0.4, -0.2) is 24.8 Å². The number of nitrogens with one attached hydrogen (secondary N) is 1. The molecule has 5 nitrogen and oxygen atoms in total. The van der Waals surface area contributed by atoms with E-state index in [0.29, 0.717) is 11.4 Å². The fourth-order valence-corrected chi connectivity index (χ4v) is 1.80. The fourth-order valence-electron chi connectivity index (χ4n) is 1.80. The van der Waals surface area contributed by atoms with E-state index in [0.717, 1.165) is 18.4 Å². The van der Waals surface area contributed by atoms with E-state index in [2.05, 4.69) is 5.32 Å². The molecule has 0 aliphatic heterocycles. The lowest BCUT2D eigenvalue weighted by atomic mass is 10.1. The van der Waals surface area contributed by atoms with Gasteiger partial charge in [0, 0.05) is 6.04 Å². The third-order valence-corrected chi connectivity index (χ3v) is 2.79. The molecule has 1 rings (SSSR count). The molecule has 0 saturated heterocycles. The third-order valence-electron chi connectivity index (χ3n) is 2.79. The van der Waals surface area contributed by atoms with Gasteiger partial charge in [0.2, 0.25) is 0 Å². The topological polar surface area (TPSA) is 73.6 Å². The highest BCUT2D eigenvalue weighted by atomic mass is 16.6. The number of aryl methyl sites for hydroxylation is 1. The van der Waals surface area contributed by atoms with Crippen LogP contribution >= 0.6 is 0 Å². The Labute approximate surface area is 126 Å². The molecule has 1 aromatic carbocycles. The summed E-state index contributed by atoms with van der Waals surface area (Å²) in [5.41, 5.74) is 6.95. The molecule has 0 fully saturated rings. The lowest BCUT2D eigenvalue weighted by Crippen LogP contribution is -2.27. The van der Waals surface area contributed by atoms with Crippen molar-refractivity contribution in [2.45, 2.75) is 52.2 Å². The number of ether oxygens (including phenoxy) is 2. The van der Waals surface area contributed by atoms with Crippen LogP contribution in [0.25, 0.3) is 0 Å². The molecule has 0 aliphatic carbocycles. The highest BCUT2D eigenvalue weighted by molar-refractivity contribution is 5.87. The van der Waals surface area contributed by atoms with Gasteiger partial charge in [-0.05, 0) is 58.2 Å². The Morgan fingerprint density at radius 2 is 2.05 bits per heavy atom. The number of anilines is 1. The quantitative estimate of drug-likeness (QED) is 0.873. The summed E-state index contributed by atoms with van der Waals surface area (Å²) < 4.78 is 10.6. The van der Waals surface area contributed by atoms with Gasteiger partial charge in [-0.1, -0.05) is 6.07 Å². The van der Waals surface area contributed by atoms with Crippen LogP contribution in [0.2, 0.25) is 0 Å². The molecule has 0 bridgehead atoms. The van der Waals surface area contributed by atoms with Crippen molar-refractivity contribution in [2.24, 2.45) is 5.73 Å². The molecule has 118 valence electrons. The minimum atomic E-state index is -0.533. The number of rotatable bonds is 5. The maximum atomic E-state index is 11.8. The highest BCUT2D eigenvalue weighted by Gasteiger charge is 2.17. The van der Waals surface area contributed by atoms with Gasteiger partial charge in [-0.3, -0.25) is 5.32 Å². The standard InChI is InChI=1S/C16H26N2O3/c1-11(17)6-7-12-8-9-13(14(10-12)20-5)18-15(19)21-16(2,3)4/h8-11H,6-7,17H2,1-5H3,(H,18,19). The summed E-state index contributed by atoms with van der Waals surface area (Å²) in [7, 11) is 1.57. The highest BCUT2D eigenvalue weighted by Crippen LogP contribution is 2.26. The molecule has 21 heavy (non-hydrogen) atoms. The average Bonchev–Trinajstić information content (AvgIpc) is 2.35. The summed E-state index contributed by atoms with van der Waals surface area (Å²) >= 11 is 0. The zero-order valence-corrected chi connectivity index (χ0v) is 13.5. The van der Waals surface area contributed by atoms with Crippen LogP contribution in [0.1, 0.15) is 39.7 Å². The van der Waals surface area contributed by atoms with Gasteiger partial charge < -0.3 is 15.2 Å². The van der Waals surface area contributed by atoms with E-state index < -0.39 is 11.7 Å². The maximum absolute atomic E-state index is 11.8. The van der Waals surface area contributed by atoms with E-state index in [1.807, 2.05) is 45.9 Å². The SMILES string of the molecule is COc1cc(CCC(C)N)ccc1NC(=O)OC(C)(C)C. The number of amides is 1. The minimum Gasteiger partial charge on any atom is -0.495 e. The molecular formula is C16H26N2O3. The lowest BCUT2D eigenvalue weighted by Gasteiger charge is -2.20. The van der Waals surface area contributed by atoms with Crippen molar-refractivity contribution in [3.63, 3.8) is 0 Å². The summed E-state index contributed by atoms with van der Waals surface area (Å²) in [5.74, 6) is 0.614. The largest absolute Gasteiger partial charge is 0.495 e. The van der Waals surface area contributed by atoms with E-state index in [9.17, 15) is 4.79 Å². The lowest BCUT2D eigenvalue weighted by molar-refractivity contribution is 0.0635. The van der Waals surface area contributed by atoms with Crippen molar-refractivity contribution < 1.29 is 14.3 Å². The van der Waals surface area contributed by atoms with Crippen molar-refractivity contribution in [3.05, 3.63) is 23.8 Å². The van der Waals surface area contributed by atoms with E-state index in [1.54, 1.807) is 7.11 Å². The first-order valence-corrected chi connectivity index (χ1v) is 7.14. The molecule has 1 aromatic rings. The second kappa shape index (κ2) is 7.31. The van der Waals surface area contributed by atoms with Crippen LogP contribution in [0.15, 0.2) is 18.2 Å². The van der Waals surface area contributed by atoms with Gasteiger partial charge in [0.1, 0.15) is 11.4 Å². The van der Waals surface area contributed by atoms with Crippen molar-refractivity contribution in [2.75, 3.05) is 12.4 Å². The van der Waals surface area contributed by atoms with Crippen molar-refractivity contribution in [3.8, 4) is 5.75 Å². The van der Waals surface area contributed by atoms with Crippen molar-refractivity contribution in [1.29, 1.82) is 0 Å². The zero-order valence-electron chi connectivity index (χ0n) is 13.5. The van der Waals surface area contributed by atoms with Gasteiger partial charge in [0.15, 0.2) is 0 Å². The van der Waals surface area contributed by atoms with Crippen LogP contribution in [0.3, 0.4) is 0 Å². The van der Waals surface area contributed by atoms with Gasteiger partial charge in [-0.2, -0.15) is 0 Å². The molecule has 0 spiro atoms. The Morgan fingerprint density at radius 3 is 2.57 bits per heavy atom.